The molecule has 1 aliphatic rings. The predicted octanol–water partition coefficient (Wildman–Crippen LogP) is 3.96. The maximum absolute atomic E-state index is 12.4. The lowest BCUT2D eigenvalue weighted by Crippen LogP contribution is -2.33. The molecule has 1 N–H and O–H groups in total. The van der Waals surface area contributed by atoms with Crippen LogP contribution in [0.25, 0.3) is 0 Å². The first-order valence-electron chi connectivity index (χ1n) is 8.42. The van der Waals surface area contributed by atoms with E-state index in [0.29, 0.717) is 23.6 Å². The van der Waals surface area contributed by atoms with Crippen LogP contribution in [-0.2, 0) is 11.8 Å². The lowest BCUT2D eigenvalue weighted by atomic mass is 9.77. The minimum absolute atomic E-state index is 0.00543. The number of nitro groups is 1. The Balaban J connectivity index is 1.73. The summed E-state index contributed by atoms with van der Waals surface area (Å²) in [6, 6.07) is 12.9. The molecule has 5 nitrogen and oxygen atoms in total. The number of fused-ring (bicyclic) bond motifs is 1. The van der Waals surface area contributed by atoms with E-state index >= 15 is 0 Å². The summed E-state index contributed by atoms with van der Waals surface area (Å²) in [6.07, 6.45) is 0.958. The highest BCUT2D eigenvalue weighted by molar-refractivity contribution is 5.95. The molecule has 0 aliphatic heterocycles. The molecule has 0 radical (unpaired) electrons. The van der Waals surface area contributed by atoms with Gasteiger partial charge in [0.05, 0.1) is 4.92 Å². The number of hydrogen-bond donors (Lipinski definition) is 1. The maximum Gasteiger partial charge on any atom is 0.273 e. The Morgan fingerprint density at radius 2 is 1.96 bits per heavy atom. The van der Waals surface area contributed by atoms with Gasteiger partial charge in [0.2, 0.25) is 0 Å². The third-order valence-electron chi connectivity index (χ3n) is 4.73. The smallest absolute Gasteiger partial charge is 0.273 e. The molecule has 130 valence electrons. The quantitative estimate of drug-likeness (QED) is 0.677. The molecule has 2 aromatic rings. The molecule has 1 amide bonds. The van der Waals surface area contributed by atoms with Gasteiger partial charge in [-0.3, -0.25) is 14.9 Å². The van der Waals surface area contributed by atoms with Crippen molar-refractivity contribution in [2.45, 2.75) is 38.5 Å². The molecule has 0 fully saturated rings. The molecular formula is C20H22N2O3. The van der Waals surface area contributed by atoms with E-state index in [1.807, 2.05) is 32.9 Å². The summed E-state index contributed by atoms with van der Waals surface area (Å²) in [5.41, 5.74) is 3.19. The number of benzene rings is 2. The van der Waals surface area contributed by atoms with Crippen LogP contribution in [-0.4, -0.2) is 17.4 Å². The summed E-state index contributed by atoms with van der Waals surface area (Å²) in [5.74, 6) is 0.0527. The second-order valence-electron chi connectivity index (χ2n) is 7.55. The minimum atomic E-state index is -0.417. The van der Waals surface area contributed by atoms with Gasteiger partial charge in [0.1, 0.15) is 0 Å². The minimum Gasteiger partial charge on any atom is -0.351 e. The Morgan fingerprint density at radius 3 is 2.60 bits per heavy atom. The molecule has 0 aromatic heterocycles. The van der Waals surface area contributed by atoms with E-state index < -0.39 is 4.92 Å². The summed E-state index contributed by atoms with van der Waals surface area (Å²) < 4.78 is 0. The Bertz CT molecular complexity index is 837. The lowest BCUT2D eigenvalue weighted by molar-refractivity contribution is -0.386. The number of rotatable bonds is 4. The van der Waals surface area contributed by atoms with Crippen molar-refractivity contribution < 1.29 is 9.72 Å². The van der Waals surface area contributed by atoms with Crippen LogP contribution in [0.15, 0.2) is 42.5 Å². The molecule has 0 spiro atoms. The fraction of sp³-hybridized carbons (Fsp3) is 0.350. The van der Waals surface area contributed by atoms with Gasteiger partial charge >= 0.3 is 0 Å². The Kier molecular flexibility index (Phi) is 4.33. The molecule has 5 heteroatoms. The highest BCUT2D eigenvalue weighted by Gasteiger charge is 2.28. The fourth-order valence-electron chi connectivity index (χ4n) is 3.32. The van der Waals surface area contributed by atoms with Gasteiger partial charge in [-0.1, -0.05) is 51.1 Å². The average molecular weight is 338 g/mol. The van der Waals surface area contributed by atoms with Gasteiger partial charge in [-0.25, -0.2) is 0 Å². The number of nitrogens with zero attached hydrogens (tertiary/aromatic N) is 1. The van der Waals surface area contributed by atoms with Crippen LogP contribution >= 0.6 is 0 Å². The summed E-state index contributed by atoms with van der Waals surface area (Å²) in [7, 11) is 0. The number of nitro benzene ring substituents is 1. The van der Waals surface area contributed by atoms with Crippen LogP contribution in [0, 0.1) is 10.1 Å². The average Bonchev–Trinajstić information content (AvgIpc) is 2.54. The fourth-order valence-corrected chi connectivity index (χ4v) is 3.32. The third-order valence-corrected chi connectivity index (χ3v) is 4.73. The van der Waals surface area contributed by atoms with Gasteiger partial charge in [0.25, 0.3) is 11.6 Å². The molecule has 0 saturated heterocycles. The van der Waals surface area contributed by atoms with Crippen LogP contribution in [0.5, 0.6) is 0 Å². The molecule has 0 bridgehead atoms. The molecule has 2 aromatic carbocycles. The number of nitrogens with one attached hydrogen (secondary N) is 1. The van der Waals surface area contributed by atoms with Crippen molar-refractivity contribution in [1.29, 1.82) is 0 Å². The largest absolute Gasteiger partial charge is 0.351 e. The zero-order valence-corrected chi connectivity index (χ0v) is 14.7. The highest BCUT2D eigenvalue weighted by atomic mass is 16.6. The topological polar surface area (TPSA) is 72.2 Å². The van der Waals surface area contributed by atoms with Crippen molar-refractivity contribution >= 4 is 11.6 Å². The molecule has 0 heterocycles. The van der Waals surface area contributed by atoms with E-state index in [0.717, 1.165) is 6.42 Å². The molecule has 25 heavy (non-hydrogen) atoms. The SMILES string of the molecule is CC(C)(C)c1ccc(C(=O)NCC2Cc3ccccc32)cc1[N+](=O)[O-]. The van der Waals surface area contributed by atoms with E-state index in [1.54, 1.807) is 12.1 Å². The second kappa shape index (κ2) is 6.31. The monoisotopic (exact) mass is 338 g/mol. The summed E-state index contributed by atoms with van der Waals surface area (Å²) in [5, 5.41) is 14.3. The van der Waals surface area contributed by atoms with Gasteiger partial charge in [-0.05, 0) is 29.0 Å². The summed E-state index contributed by atoms with van der Waals surface area (Å²) in [6.45, 7) is 6.31. The van der Waals surface area contributed by atoms with Crippen molar-refractivity contribution in [2.75, 3.05) is 6.54 Å². The molecule has 0 saturated carbocycles. The van der Waals surface area contributed by atoms with Crippen molar-refractivity contribution in [3.05, 3.63) is 74.8 Å². The van der Waals surface area contributed by atoms with Gasteiger partial charge in [-0.15, -0.1) is 0 Å². The van der Waals surface area contributed by atoms with Gasteiger partial charge in [-0.2, -0.15) is 0 Å². The summed E-state index contributed by atoms with van der Waals surface area (Å²) >= 11 is 0. The molecule has 3 rings (SSSR count). The van der Waals surface area contributed by atoms with Crippen molar-refractivity contribution in [3.63, 3.8) is 0 Å². The first-order valence-corrected chi connectivity index (χ1v) is 8.42. The van der Waals surface area contributed by atoms with Crippen LogP contribution in [0.1, 0.15) is 53.7 Å². The Hall–Kier alpha value is -2.69. The van der Waals surface area contributed by atoms with Crippen molar-refractivity contribution in [3.8, 4) is 0 Å². The number of carbonyl (C=O) groups is 1. The summed E-state index contributed by atoms with van der Waals surface area (Å²) in [4.78, 5) is 23.4. The number of carbonyl (C=O) groups excluding carboxylic acids is 1. The van der Waals surface area contributed by atoms with E-state index in [9.17, 15) is 14.9 Å². The number of amides is 1. The molecule has 1 unspecified atom stereocenters. The van der Waals surface area contributed by atoms with Crippen LogP contribution in [0.2, 0.25) is 0 Å². The van der Waals surface area contributed by atoms with Crippen LogP contribution in [0.3, 0.4) is 0 Å². The Morgan fingerprint density at radius 1 is 1.24 bits per heavy atom. The van der Waals surface area contributed by atoms with Gasteiger partial charge in [0.15, 0.2) is 0 Å². The zero-order valence-electron chi connectivity index (χ0n) is 14.7. The first kappa shape index (κ1) is 17.1. The third kappa shape index (κ3) is 3.40. The van der Waals surface area contributed by atoms with Crippen LogP contribution < -0.4 is 5.32 Å². The highest BCUT2D eigenvalue weighted by Crippen LogP contribution is 2.34. The molecule has 1 aliphatic carbocycles. The molecule has 1 atom stereocenters. The van der Waals surface area contributed by atoms with Gasteiger partial charge < -0.3 is 5.32 Å². The van der Waals surface area contributed by atoms with E-state index in [-0.39, 0.29) is 17.0 Å². The predicted molar refractivity (Wildman–Crippen MR) is 97.0 cm³/mol. The molecular weight excluding hydrogens is 316 g/mol. The van der Waals surface area contributed by atoms with Crippen molar-refractivity contribution in [1.82, 2.24) is 5.32 Å². The Labute approximate surface area is 147 Å². The van der Waals surface area contributed by atoms with E-state index in [4.69, 9.17) is 0 Å². The standard InChI is InChI=1S/C20H22N2O3/c1-20(2,3)17-9-8-14(11-18(17)22(24)25)19(23)21-12-15-10-13-6-4-5-7-16(13)15/h4-9,11,15H,10,12H2,1-3H3,(H,21,23). The van der Waals surface area contributed by atoms with E-state index in [1.165, 1.54) is 17.2 Å². The van der Waals surface area contributed by atoms with Gasteiger partial charge in [0, 0.05) is 29.7 Å². The second-order valence-corrected chi connectivity index (χ2v) is 7.55. The van der Waals surface area contributed by atoms with Crippen molar-refractivity contribution in [2.24, 2.45) is 0 Å². The van der Waals surface area contributed by atoms with E-state index in [2.05, 4.69) is 17.4 Å². The first-order chi connectivity index (χ1) is 11.8. The normalized spacial score (nSPS) is 15.9. The number of hydrogen-bond acceptors (Lipinski definition) is 3. The maximum atomic E-state index is 12.4. The lowest BCUT2D eigenvalue weighted by Gasteiger charge is -2.30. The van der Waals surface area contributed by atoms with Crippen LogP contribution in [0.4, 0.5) is 5.69 Å². The zero-order chi connectivity index (χ0) is 18.2.